The molecule has 7 nitrogen and oxygen atoms in total. The molecule has 2 amide bonds. The van der Waals surface area contributed by atoms with Crippen molar-refractivity contribution in [3.8, 4) is 0 Å². The third kappa shape index (κ3) is 4.92. The molecule has 1 fully saturated rings. The van der Waals surface area contributed by atoms with Crippen LogP contribution in [0.5, 0.6) is 0 Å². The second-order valence-corrected chi connectivity index (χ2v) is 6.14. The number of piperidine rings is 1. The average molecular weight is 335 g/mol. The molecule has 1 aromatic carbocycles. The van der Waals surface area contributed by atoms with Crippen molar-refractivity contribution in [2.45, 2.75) is 32.7 Å². The van der Waals surface area contributed by atoms with Gasteiger partial charge in [-0.2, -0.15) is 0 Å². The molecular formula is C17H25N3O4. The van der Waals surface area contributed by atoms with Crippen molar-refractivity contribution in [3.05, 3.63) is 39.9 Å². The molecule has 24 heavy (non-hydrogen) atoms. The van der Waals surface area contributed by atoms with E-state index in [1.54, 1.807) is 17.0 Å². The molecule has 0 radical (unpaired) electrons. The monoisotopic (exact) mass is 335 g/mol. The maximum Gasteiger partial charge on any atom is 0.317 e. The van der Waals surface area contributed by atoms with Crippen LogP contribution in [0.15, 0.2) is 24.3 Å². The lowest BCUT2D eigenvalue weighted by Gasteiger charge is -2.33. The summed E-state index contributed by atoms with van der Waals surface area (Å²) < 4.78 is 5.46. The zero-order valence-electron chi connectivity index (χ0n) is 14.2. The summed E-state index contributed by atoms with van der Waals surface area (Å²) in [4.78, 5) is 24.7. The van der Waals surface area contributed by atoms with Gasteiger partial charge in [0, 0.05) is 37.7 Å². The van der Waals surface area contributed by atoms with Gasteiger partial charge >= 0.3 is 6.03 Å². The van der Waals surface area contributed by atoms with Crippen molar-refractivity contribution in [1.82, 2.24) is 10.2 Å². The number of non-ortho nitro benzene ring substituents is 1. The first-order valence-electron chi connectivity index (χ1n) is 8.38. The van der Waals surface area contributed by atoms with Gasteiger partial charge in [-0.05, 0) is 32.3 Å². The molecule has 1 aliphatic rings. The molecular weight excluding hydrogens is 310 g/mol. The Morgan fingerprint density at radius 2 is 2.33 bits per heavy atom. The predicted molar refractivity (Wildman–Crippen MR) is 90.8 cm³/mol. The van der Waals surface area contributed by atoms with Crippen LogP contribution in [0.3, 0.4) is 0 Å². The minimum Gasteiger partial charge on any atom is -0.381 e. The van der Waals surface area contributed by atoms with E-state index < -0.39 is 4.92 Å². The molecule has 2 atom stereocenters. The fraction of sp³-hybridized carbons (Fsp3) is 0.588. The molecule has 0 aromatic heterocycles. The van der Waals surface area contributed by atoms with Crippen molar-refractivity contribution < 1.29 is 14.5 Å². The van der Waals surface area contributed by atoms with Gasteiger partial charge < -0.3 is 15.0 Å². The van der Waals surface area contributed by atoms with E-state index in [0.717, 1.165) is 24.9 Å². The number of likely N-dealkylation sites (tertiary alicyclic amines) is 1. The van der Waals surface area contributed by atoms with E-state index >= 15 is 0 Å². The smallest absolute Gasteiger partial charge is 0.317 e. The summed E-state index contributed by atoms with van der Waals surface area (Å²) in [5, 5.41) is 13.8. The molecule has 0 spiro atoms. The minimum absolute atomic E-state index is 0.0309. The molecule has 2 rings (SSSR count). The van der Waals surface area contributed by atoms with Crippen LogP contribution in [0.4, 0.5) is 10.5 Å². The Kier molecular flexibility index (Phi) is 6.54. The zero-order chi connectivity index (χ0) is 17.5. The van der Waals surface area contributed by atoms with Gasteiger partial charge in [0.05, 0.1) is 17.6 Å². The van der Waals surface area contributed by atoms with Crippen molar-refractivity contribution >= 4 is 11.7 Å². The Balaban J connectivity index is 1.93. The zero-order valence-corrected chi connectivity index (χ0v) is 14.2. The second kappa shape index (κ2) is 8.63. The highest BCUT2D eigenvalue weighted by Crippen LogP contribution is 2.21. The Hall–Kier alpha value is -2.15. The van der Waals surface area contributed by atoms with Gasteiger partial charge in [-0.25, -0.2) is 4.79 Å². The Morgan fingerprint density at radius 3 is 3.04 bits per heavy atom. The number of rotatable bonds is 6. The van der Waals surface area contributed by atoms with Crippen molar-refractivity contribution in [3.63, 3.8) is 0 Å². The van der Waals surface area contributed by atoms with Crippen LogP contribution in [-0.4, -0.2) is 42.2 Å². The second-order valence-electron chi connectivity index (χ2n) is 6.14. The lowest BCUT2D eigenvalue weighted by molar-refractivity contribution is -0.384. The Bertz CT molecular complexity index is 579. The largest absolute Gasteiger partial charge is 0.381 e. The first-order valence-corrected chi connectivity index (χ1v) is 8.38. The highest BCUT2D eigenvalue weighted by molar-refractivity contribution is 5.74. The summed E-state index contributed by atoms with van der Waals surface area (Å²) in [6.45, 7) is 6.59. The number of hydrogen-bond donors (Lipinski definition) is 1. The lowest BCUT2D eigenvalue weighted by atomic mass is 9.99. The number of hydrogen-bond acceptors (Lipinski definition) is 4. The minimum atomic E-state index is -0.430. The quantitative estimate of drug-likeness (QED) is 0.639. The Labute approximate surface area is 142 Å². The highest BCUT2D eigenvalue weighted by Gasteiger charge is 2.25. The predicted octanol–water partition coefficient (Wildman–Crippen LogP) is 3.11. The topological polar surface area (TPSA) is 84.7 Å². The number of nitrogens with one attached hydrogen (secondary N) is 1. The number of benzene rings is 1. The summed E-state index contributed by atoms with van der Waals surface area (Å²) in [7, 11) is 0. The van der Waals surface area contributed by atoms with Gasteiger partial charge in [0.2, 0.25) is 0 Å². The SMILES string of the molecule is CCOCC1CCCN(C(=O)NC(C)c2cccc([N+](=O)[O-])c2)C1. The summed E-state index contributed by atoms with van der Waals surface area (Å²) in [6, 6.07) is 5.95. The molecule has 0 saturated carbocycles. The molecule has 0 bridgehead atoms. The maximum atomic E-state index is 12.5. The molecule has 1 aliphatic heterocycles. The van der Waals surface area contributed by atoms with Crippen molar-refractivity contribution in [2.24, 2.45) is 5.92 Å². The van der Waals surface area contributed by atoms with Gasteiger partial charge in [-0.15, -0.1) is 0 Å². The lowest BCUT2D eigenvalue weighted by Crippen LogP contribution is -2.46. The number of nitrogens with zero attached hydrogens (tertiary/aromatic N) is 2. The number of carbonyl (C=O) groups excluding carboxylic acids is 1. The van der Waals surface area contributed by atoms with Gasteiger partial charge in [-0.3, -0.25) is 10.1 Å². The molecule has 7 heteroatoms. The molecule has 0 aliphatic carbocycles. The van der Waals surface area contributed by atoms with Crippen LogP contribution in [0.25, 0.3) is 0 Å². The van der Waals surface area contributed by atoms with Crippen LogP contribution >= 0.6 is 0 Å². The fourth-order valence-electron chi connectivity index (χ4n) is 2.94. The van der Waals surface area contributed by atoms with Crippen LogP contribution in [0, 0.1) is 16.0 Å². The van der Waals surface area contributed by atoms with Crippen molar-refractivity contribution in [2.75, 3.05) is 26.3 Å². The number of ether oxygens (including phenoxy) is 1. The molecule has 1 N–H and O–H groups in total. The maximum absolute atomic E-state index is 12.5. The molecule has 1 saturated heterocycles. The van der Waals surface area contributed by atoms with E-state index in [9.17, 15) is 14.9 Å². The highest BCUT2D eigenvalue weighted by atomic mass is 16.6. The number of nitro groups is 1. The van der Waals surface area contributed by atoms with Gasteiger partial charge in [0.1, 0.15) is 0 Å². The average Bonchev–Trinajstić information content (AvgIpc) is 2.60. The summed E-state index contributed by atoms with van der Waals surface area (Å²) >= 11 is 0. The van der Waals surface area contributed by atoms with E-state index in [4.69, 9.17) is 4.74 Å². The standard InChI is InChI=1S/C17H25N3O4/c1-3-24-12-14-6-5-9-19(11-14)17(21)18-13(2)15-7-4-8-16(10-15)20(22)23/h4,7-8,10,13-14H,3,5-6,9,11-12H2,1-2H3,(H,18,21). The van der Waals surface area contributed by atoms with Crippen molar-refractivity contribution in [1.29, 1.82) is 0 Å². The van der Waals surface area contributed by atoms with Gasteiger partial charge in [0.25, 0.3) is 5.69 Å². The molecule has 132 valence electrons. The first-order chi connectivity index (χ1) is 11.5. The first kappa shape index (κ1) is 18.2. The van der Waals surface area contributed by atoms with E-state index in [1.165, 1.54) is 12.1 Å². The third-order valence-corrected chi connectivity index (χ3v) is 4.28. The van der Waals surface area contributed by atoms with Gasteiger partial charge in [-0.1, -0.05) is 12.1 Å². The summed E-state index contributed by atoms with van der Waals surface area (Å²) in [5.74, 6) is 0.373. The van der Waals surface area contributed by atoms with E-state index in [2.05, 4.69) is 5.32 Å². The number of urea groups is 1. The molecule has 1 aromatic rings. The van der Waals surface area contributed by atoms with Crippen LogP contribution in [-0.2, 0) is 4.74 Å². The number of amides is 2. The van der Waals surface area contributed by atoms with E-state index in [0.29, 0.717) is 25.7 Å². The van der Waals surface area contributed by atoms with E-state index in [1.807, 2.05) is 13.8 Å². The van der Waals surface area contributed by atoms with Crippen LogP contribution in [0.1, 0.15) is 38.3 Å². The molecule has 1 heterocycles. The van der Waals surface area contributed by atoms with Gasteiger partial charge in [0.15, 0.2) is 0 Å². The number of nitro benzene ring substituents is 1. The summed E-state index contributed by atoms with van der Waals surface area (Å²) in [6.07, 6.45) is 2.04. The van der Waals surface area contributed by atoms with Crippen LogP contribution in [0.2, 0.25) is 0 Å². The van der Waals surface area contributed by atoms with Crippen LogP contribution < -0.4 is 5.32 Å². The number of carbonyl (C=O) groups is 1. The third-order valence-electron chi connectivity index (χ3n) is 4.28. The molecule has 2 unspecified atom stereocenters. The Morgan fingerprint density at radius 1 is 1.54 bits per heavy atom. The normalized spacial score (nSPS) is 18.9. The summed E-state index contributed by atoms with van der Waals surface area (Å²) in [5.41, 5.74) is 0.753. The fourth-order valence-corrected chi connectivity index (χ4v) is 2.94. The van der Waals surface area contributed by atoms with E-state index in [-0.39, 0.29) is 17.8 Å².